The van der Waals surface area contributed by atoms with Gasteiger partial charge in [0.2, 0.25) is 0 Å². The number of halogens is 2. The van der Waals surface area contributed by atoms with Gasteiger partial charge in [0.15, 0.2) is 29.0 Å². The Bertz CT molecular complexity index is 944. The first-order valence-corrected chi connectivity index (χ1v) is 8.12. The lowest BCUT2D eigenvalue weighted by Crippen LogP contribution is -2.34. The lowest BCUT2D eigenvalue weighted by molar-refractivity contribution is 0.406. The zero-order valence-corrected chi connectivity index (χ0v) is 13.9. The van der Waals surface area contributed by atoms with E-state index in [0.29, 0.717) is 30.3 Å². The molecule has 1 aromatic carbocycles. The molecule has 0 radical (unpaired) electrons. The number of hydrogen-bond donors (Lipinski definition) is 1. The highest BCUT2D eigenvalue weighted by Gasteiger charge is 2.27. The topological polar surface area (TPSA) is 75.0 Å². The first-order chi connectivity index (χ1) is 12.5. The number of aromatic nitrogens is 4. The molecule has 8 heteroatoms. The summed E-state index contributed by atoms with van der Waals surface area (Å²) in [6.07, 6.45) is 5.57. The van der Waals surface area contributed by atoms with E-state index in [0.717, 1.165) is 17.3 Å². The van der Waals surface area contributed by atoms with Crippen LogP contribution in [0, 0.1) is 11.6 Å². The van der Waals surface area contributed by atoms with Crippen LogP contribution in [0.15, 0.2) is 36.8 Å². The summed E-state index contributed by atoms with van der Waals surface area (Å²) in [5, 5.41) is 9.58. The van der Waals surface area contributed by atoms with E-state index < -0.39 is 17.4 Å². The summed E-state index contributed by atoms with van der Waals surface area (Å²) in [5.74, 6) is -2.11. The fourth-order valence-corrected chi connectivity index (χ4v) is 3.17. The number of phenolic OH excluding ortho intramolecular Hbond substituents is 1. The number of fused-ring (bicyclic) bond motifs is 1. The van der Waals surface area contributed by atoms with Gasteiger partial charge in [-0.1, -0.05) is 0 Å². The quantitative estimate of drug-likeness (QED) is 0.762. The molecule has 4 rings (SSSR count). The average molecular weight is 355 g/mol. The van der Waals surface area contributed by atoms with Gasteiger partial charge in [0.1, 0.15) is 0 Å². The molecule has 0 saturated heterocycles. The van der Waals surface area contributed by atoms with Crippen LogP contribution in [0.4, 0.5) is 14.5 Å². The zero-order chi connectivity index (χ0) is 18.3. The Morgan fingerprint density at radius 1 is 1.12 bits per heavy atom. The molecule has 0 saturated carbocycles. The third kappa shape index (κ3) is 2.73. The molecule has 0 fully saturated rings. The monoisotopic (exact) mass is 355 g/mol. The summed E-state index contributed by atoms with van der Waals surface area (Å²) in [4.78, 5) is 19.1. The number of hydrogen-bond acceptors (Lipinski definition) is 6. The van der Waals surface area contributed by atoms with Crippen LogP contribution in [0.25, 0.3) is 11.6 Å². The first-order valence-electron chi connectivity index (χ1n) is 8.12. The summed E-state index contributed by atoms with van der Waals surface area (Å²) in [6, 6.07) is 3.88. The number of phenols is 1. The third-order valence-corrected chi connectivity index (χ3v) is 4.50. The van der Waals surface area contributed by atoms with E-state index in [2.05, 4.69) is 19.9 Å². The predicted molar refractivity (Wildman–Crippen MR) is 90.5 cm³/mol. The van der Waals surface area contributed by atoms with Crippen molar-refractivity contribution < 1.29 is 13.9 Å². The Morgan fingerprint density at radius 3 is 2.62 bits per heavy atom. The molecular formula is C18H15F2N5O. The molecule has 2 aromatic heterocycles. The second-order valence-electron chi connectivity index (χ2n) is 6.05. The normalized spacial score (nSPS) is 16.4. The van der Waals surface area contributed by atoms with Crippen LogP contribution in [0.2, 0.25) is 0 Å². The molecule has 1 atom stereocenters. The summed E-state index contributed by atoms with van der Waals surface area (Å²) < 4.78 is 27.0. The number of benzene rings is 1. The largest absolute Gasteiger partial charge is 0.505 e. The second-order valence-corrected chi connectivity index (χ2v) is 6.05. The van der Waals surface area contributed by atoms with E-state index >= 15 is 0 Å². The molecule has 0 amide bonds. The van der Waals surface area contributed by atoms with Crippen LogP contribution in [-0.4, -0.2) is 31.6 Å². The van der Waals surface area contributed by atoms with Crippen molar-refractivity contribution in [2.24, 2.45) is 0 Å². The van der Waals surface area contributed by atoms with Gasteiger partial charge in [0.25, 0.3) is 0 Å². The molecule has 0 spiro atoms. The van der Waals surface area contributed by atoms with Gasteiger partial charge < -0.3 is 10.0 Å². The minimum Gasteiger partial charge on any atom is -0.505 e. The van der Waals surface area contributed by atoms with Crippen molar-refractivity contribution in [3.8, 4) is 17.4 Å². The van der Waals surface area contributed by atoms with Crippen LogP contribution in [0.1, 0.15) is 24.2 Å². The zero-order valence-electron chi connectivity index (χ0n) is 13.9. The Balaban J connectivity index is 1.68. The second kappa shape index (κ2) is 6.29. The van der Waals surface area contributed by atoms with E-state index in [1.165, 1.54) is 6.07 Å². The molecule has 1 aliphatic heterocycles. The van der Waals surface area contributed by atoms with Gasteiger partial charge in [-0.3, -0.25) is 0 Å². The summed E-state index contributed by atoms with van der Waals surface area (Å²) in [5.41, 5.74) is 2.17. The fourth-order valence-electron chi connectivity index (χ4n) is 3.17. The van der Waals surface area contributed by atoms with Crippen LogP contribution < -0.4 is 4.90 Å². The standard InChI is InChI=1S/C18H15F2N5O/c1-10-12-9-23-18(17-21-4-2-5-22-17)24-14(12)3-6-25(10)11-7-13(19)16(20)15(26)8-11/h2,4-5,7-10,26H,3,6H2,1H3. The maximum atomic E-state index is 13.7. The van der Waals surface area contributed by atoms with Crippen molar-refractivity contribution in [1.82, 2.24) is 19.9 Å². The lowest BCUT2D eigenvalue weighted by atomic mass is 9.98. The minimum atomic E-state index is -1.24. The third-order valence-electron chi connectivity index (χ3n) is 4.50. The Hall–Kier alpha value is -3.16. The SMILES string of the molecule is CC1c2cnc(-c3ncccn3)nc2CCN1c1cc(O)c(F)c(F)c1. The van der Waals surface area contributed by atoms with Crippen LogP contribution in [0.5, 0.6) is 5.75 Å². The maximum absolute atomic E-state index is 13.7. The number of anilines is 1. The smallest absolute Gasteiger partial charge is 0.200 e. The molecule has 6 nitrogen and oxygen atoms in total. The van der Waals surface area contributed by atoms with Gasteiger partial charge in [-0.2, -0.15) is 4.39 Å². The van der Waals surface area contributed by atoms with Gasteiger partial charge in [-0.05, 0) is 13.0 Å². The molecule has 0 aliphatic carbocycles. The van der Waals surface area contributed by atoms with Crippen molar-refractivity contribution in [3.63, 3.8) is 0 Å². The van der Waals surface area contributed by atoms with Crippen molar-refractivity contribution in [2.45, 2.75) is 19.4 Å². The highest BCUT2D eigenvalue weighted by molar-refractivity contribution is 5.55. The first kappa shape index (κ1) is 16.3. The minimum absolute atomic E-state index is 0.159. The van der Waals surface area contributed by atoms with Gasteiger partial charge in [0.05, 0.1) is 11.7 Å². The number of nitrogens with zero attached hydrogens (tertiary/aromatic N) is 5. The molecule has 1 aliphatic rings. The van der Waals surface area contributed by atoms with Crippen LogP contribution in [0.3, 0.4) is 0 Å². The summed E-state index contributed by atoms with van der Waals surface area (Å²) in [6.45, 7) is 2.48. The molecule has 3 aromatic rings. The fraction of sp³-hybridized carbons (Fsp3) is 0.222. The lowest BCUT2D eigenvalue weighted by Gasteiger charge is -2.36. The molecule has 26 heavy (non-hydrogen) atoms. The van der Waals surface area contributed by atoms with Crippen molar-refractivity contribution >= 4 is 5.69 Å². The average Bonchev–Trinajstić information content (AvgIpc) is 2.66. The van der Waals surface area contributed by atoms with Crippen molar-refractivity contribution in [1.29, 1.82) is 0 Å². The Morgan fingerprint density at radius 2 is 1.88 bits per heavy atom. The summed E-state index contributed by atoms with van der Waals surface area (Å²) in [7, 11) is 0. The van der Waals surface area contributed by atoms with E-state index in [9.17, 15) is 13.9 Å². The van der Waals surface area contributed by atoms with E-state index in [-0.39, 0.29) is 6.04 Å². The molecule has 0 bridgehead atoms. The van der Waals surface area contributed by atoms with Gasteiger partial charge in [0, 0.05) is 54.9 Å². The molecule has 3 heterocycles. The number of rotatable bonds is 2. The van der Waals surface area contributed by atoms with E-state index in [4.69, 9.17) is 0 Å². The Kier molecular flexibility index (Phi) is 3.95. The van der Waals surface area contributed by atoms with Gasteiger partial charge in [-0.25, -0.2) is 24.3 Å². The summed E-state index contributed by atoms with van der Waals surface area (Å²) >= 11 is 0. The van der Waals surface area contributed by atoms with Gasteiger partial charge in [-0.15, -0.1) is 0 Å². The Labute approximate surface area is 148 Å². The highest BCUT2D eigenvalue weighted by Crippen LogP contribution is 2.35. The highest BCUT2D eigenvalue weighted by atomic mass is 19.2. The predicted octanol–water partition coefficient (Wildman–Crippen LogP) is 3.04. The maximum Gasteiger partial charge on any atom is 0.200 e. The van der Waals surface area contributed by atoms with E-state index in [1.807, 2.05) is 11.8 Å². The molecule has 132 valence electrons. The number of aromatic hydroxyl groups is 1. The molecule has 1 unspecified atom stereocenters. The van der Waals surface area contributed by atoms with Crippen LogP contribution in [-0.2, 0) is 6.42 Å². The van der Waals surface area contributed by atoms with Crippen LogP contribution >= 0.6 is 0 Å². The van der Waals surface area contributed by atoms with Crippen molar-refractivity contribution in [2.75, 3.05) is 11.4 Å². The molecular weight excluding hydrogens is 340 g/mol. The molecule has 1 N–H and O–H groups in total. The van der Waals surface area contributed by atoms with Crippen molar-refractivity contribution in [3.05, 3.63) is 59.7 Å². The van der Waals surface area contributed by atoms with Gasteiger partial charge >= 0.3 is 0 Å². The van der Waals surface area contributed by atoms with E-state index in [1.54, 1.807) is 24.7 Å².